The van der Waals surface area contributed by atoms with Crippen molar-refractivity contribution >= 4 is 29.0 Å². The van der Waals surface area contributed by atoms with Crippen LogP contribution in [0.2, 0.25) is 5.02 Å². The standard InChI is InChI=1S/C19H20ClNO3/c1-3-13-4-6-14(7-5-13)17(22)9-11-19(23)21-16-12-15(20)8-10-18(16)24-2/h4-8,10,12H,3,9,11H2,1-2H3,(H,21,23). The summed E-state index contributed by atoms with van der Waals surface area (Å²) in [4.78, 5) is 24.2. The van der Waals surface area contributed by atoms with Crippen molar-refractivity contribution in [3.05, 3.63) is 58.6 Å². The van der Waals surface area contributed by atoms with Gasteiger partial charge in [-0.25, -0.2) is 0 Å². The molecule has 126 valence electrons. The Labute approximate surface area is 146 Å². The first-order valence-corrected chi connectivity index (χ1v) is 8.16. The van der Waals surface area contributed by atoms with Crippen LogP contribution >= 0.6 is 11.6 Å². The van der Waals surface area contributed by atoms with Crippen molar-refractivity contribution in [1.29, 1.82) is 0 Å². The van der Waals surface area contributed by atoms with Crippen molar-refractivity contribution in [2.75, 3.05) is 12.4 Å². The number of hydrogen-bond acceptors (Lipinski definition) is 3. The lowest BCUT2D eigenvalue weighted by molar-refractivity contribution is -0.116. The van der Waals surface area contributed by atoms with Crippen LogP contribution < -0.4 is 10.1 Å². The molecule has 0 heterocycles. The Kier molecular flexibility index (Phi) is 6.38. The van der Waals surface area contributed by atoms with Gasteiger partial charge in [0, 0.05) is 23.4 Å². The molecular weight excluding hydrogens is 326 g/mol. The zero-order valence-corrected chi connectivity index (χ0v) is 14.5. The van der Waals surface area contributed by atoms with Gasteiger partial charge in [0.2, 0.25) is 5.91 Å². The number of benzene rings is 2. The average molecular weight is 346 g/mol. The molecule has 1 amide bonds. The summed E-state index contributed by atoms with van der Waals surface area (Å²) in [7, 11) is 1.52. The SMILES string of the molecule is CCc1ccc(C(=O)CCC(=O)Nc2cc(Cl)ccc2OC)cc1. The lowest BCUT2D eigenvalue weighted by atomic mass is 10.0. The number of hydrogen-bond donors (Lipinski definition) is 1. The summed E-state index contributed by atoms with van der Waals surface area (Å²) < 4.78 is 5.18. The number of carbonyl (C=O) groups is 2. The minimum Gasteiger partial charge on any atom is -0.495 e. The predicted molar refractivity (Wildman–Crippen MR) is 96.0 cm³/mol. The van der Waals surface area contributed by atoms with Crippen LogP contribution in [0.25, 0.3) is 0 Å². The minimum atomic E-state index is -0.255. The number of halogens is 1. The van der Waals surface area contributed by atoms with E-state index in [1.54, 1.807) is 30.3 Å². The Bertz CT molecular complexity index is 726. The van der Waals surface area contributed by atoms with E-state index in [9.17, 15) is 9.59 Å². The maximum Gasteiger partial charge on any atom is 0.224 e. The highest BCUT2D eigenvalue weighted by molar-refractivity contribution is 6.31. The highest BCUT2D eigenvalue weighted by Gasteiger charge is 2.12. The first-order chi connectivity index (χ1) is 11.5. The topological polar surface area (TPSA) is 55.4 Å². The van der Waals surface area contributed by atoms with E-state index in [4.69, 9.17) is 16.3 Å². The maximum absolute atomic E-state index is 12.2. The van der Waals surface area contributed by atoms with Gasteiger partial charge in [0.1, 0.15) is 5.75 Å². The molecule has 0 aliphatic heterocycles. The fourth-order valence-corrected chi connectivity index (χ4v) is 2.46. The van der Waals surface area contributed by atoms with E-state index in [1.165, 1.54) is 12.7 Å². The molecule has 0 aliphatic rings. The van der Waals surface area contributed by atoms with Crippen LogP contribution in [-0.4, -0.2) is 18.8 Å². The Hall–Kier alpha value is -2.33. The van der Waals surface area contributed by atoms with Crippen LogP contribution in [0.5, 0.6) is 5.75 Å². The molecule has 0 radical (unpaired) electrons. The molecule has 0 spiro atoms. The Morgan fingerprint density at radius 1 is 1.08 bits per heavy atom. The quantitative estimate of drug-likeness (QED) is 0.751. The van der Waals surface area contributed by atoms with E-state index in [0.717, 1.165) is 6.42 Å². The molecule has 5 heteroatoms. The van der Waals surface area contributed by atoms with Crippen LogP contribution in [0, 0.1) is 0 Å². The normalized spacial score (nSPS) is 10.3. The predicted octanol–water partition coefficient (Wildman–Crippen LogP) is 4.51. The second-order valence-electron chi connectivity index (χ2n) is 5.37. The van der Waals surface area contributed by atoms with Crippen LogP contribution in [-0.2, 0) is 11.2 Å². The second-order valence-corrected chi connectivity index (χ2v) is 5.80. The zero-order chi connectivity index (χ0) is 17.5. The highest BCUT2D eigenvalue weighted by Crippen LogP contribution is 2.27. The molecule has 0 aromatic heterocycles. The molecule has 2 aromatic carbocycles. The summed E-state index contributed by atoms with van der Waals surface area (Å²) >= 11 is 5.93. The van der Waals surface area contributed by atoms with Crippen molar-refractivity contribution in [3.8, 4) is 5.75 Å². The second kappa shape index (κ2) is 8.50. The van der Waals surface area contributed by atoms with Crippen LogP contribution in [0.3, 0.4) is 0 Å². The molecule has 0 bridgehead atoms. The summed E-state index contributed by atoms with van der Waals surface area (Å²) in [5.74, 6) is 0.217. The average Bonchev–Trinajstić information content (AvgIpc) is 2.60. The summed E-state index contributed by atoms with van der Waals surface area (Å²) in [6, 6.07) is 12.5. The number of anilines is 1. The largest absolute Gasteiger partial charge is 0.495 e. The van der Waals surface area contributed by atoms with Gasteiger partial charge < -0.3 is 10.1 Å². The fourth-order valence-electron chi connectivity index (χ4n) is 2.29. The van der Waals surface area contributed by atoms with Gasteiger partial charge in [-0.2, -0.15) is 0 Å². The van der Waals surface area contributed by atoms with Gasteiger partial charge in [0.25, 0.3) is 0 Å². The van der Waals surface area contributed by atoms with Gasteiger partial charge in [-0.1, -0.05) is 42.8 Å². The Morgan fingerprint density at radius 2 is 1.79 bits per heavy atom. The van der Waals surface area contributed by atoms with Crippen molar-refractivity contribution in [3.63, 3.8) is 0 Å². The van der Waals surface area contributed by atoms with Crippen LogP contribution in [0.1, 0.15) is 35.7 Å². The van der Waals surface area contributed by atoms with Gasteiger partial charge in [-0.15, -0.1) is 0 Å². The minimum absolute atomic E-state index is 0.0501. The molecular formula is C19H20ClNO3. The smallest absolute Gasteiger partial charge is 0.224 e. The molecule has 4 nitrogen and oxygen atoms in total. The van der Waals surface area contributed by atoms with Crippen molar-refractivity contribution in [2.45, 2.75) is 26.2 Å². The van der Waals surface area contributed by atoms with Crippen molar-refractivity contribution < 1.29 is 14.3 Å². The number of amides is 1. The van der Waals surface area contributed by atoms with Crippen LogP contribution in [0.15, 0.2) is 42.5 Å². The van der Waals surface area contributed by atoms with Crippen molar-refractivity contribution in [1.82, 2.24) is 0 Å². The molecule has 0 atom stereocenters. The Balaban J connectivity index is 1.93. The number of Topliss-reactive ketones (excluding diaryl/α,β-unsaturated/α-hetero) is 1. The number of methoxy groups -OCH3 is 1. The molecule has 2 rings (SSSR count). The summed E-state index contributed by atoms with van der Waals surface area (Å²) in [5, 5.41) is 3.23. The van der Waals surface area contributed by atoms with E-state index in [2.05, 4.69) is 12.2 Å². The van der Waals surface area contributed by atoms with Gasteiger partial charge in [0.05, 0.1) is 12.8 Å². The van der Waals surface area contributed by atoms with Gasteiger partial charge >= 0.3 is 0 Å². The van der Waals surface area contributed by atoms with E-state index in [1.807, 2.05) is 12.1 Å². The molecule has 24 heavy (non-hydrogen) atoms. The number of rotatable bonds is 7. The molecule has 0 saturated carbocycles. The molecule has 0 saturated heterocycles. The lowest BCUT2D eigenvalue weighted by Gasteiger charge is -2.10. The first-order valence-electron chi connectivity index (χ1n) is 7.79. The van der Waals surface area contributed by atoms with E-state index in [0.29, 0.717) is 22.0 Å². The highest BCUT2D eigenvalue weighted by atomic mass is 35.5. The molecule has 0 aliphatic carbocycles. The van der Waals surface area contributed by atoms with Gasteiger partial charge in [-0.3, -0.25) is 9.59 Å². The maximum atomic E-state index is 12.2. The van der Waals surface area contributed by atoms with Crippen molar-refractivity contribution in [2.24, 2.45) is 0 Å². The van der Waals surface area contributed by atoms with E-state index < -0.39 is 0 Å². The summed E-state index contributed by atoms with van der Waals surface area (Å²) in [6.07, 6.45) is 1.18. The van der Waals surface area contributed by atoms with Crippen LogP contribution in [0.4, 0.5) is 5.69 Å². The number of aryl methyl sites for hydroxylation is 1. The third kappa shape index (κ3) is 4.83. The number of nitrogens with one attached hydrogen (secondary N) is 1. The summed E-state index contributed by atoms with van der Waals surface area (Å²) in [5.41, 5.74) is 2.30. The lowest BCUT2D eigenvalue weighted by Crippen LogP contribution is -2.14. The number of ketones is 1. The third-order valence-corrected chi connectivity index (χ3v) is 3.93. The fraction of sp³-hybridized carbons (Fsp3) is 0.263. The van der Waals surface area contributed by atoms with Gasteiger partial charge in [0.15, 0.2) is 5.78 Å². The number of carbonyl (C=O) groups excluding carboxylic acids is 2. The van der Waals surface area contributed by atoms with E-state index in [-0.39, 0.29) is 24.5 Å². The number of ether oxygens (including phenoxy) is 1. The molecule has 2 aromatic rings. The Morgan fingerprint density at radius 3 is 2.42 bits per heavy atom. The zero-order valence-electron chi connectivity index (χ0n) is 13.8. The van der Waals surface area contributed by atoms with Gasteiger partial charge in [-0.05, 0) is 30.2 Å². The van der Waals surface area contributed by atoms with E-state index >= 15 is 0 Å². The molecule has 1 N–H and O–H groups in total. The third-order valence-electron chi connectivity index (χ3n) is 3.70. The first kappa shape index (κ1) is 18.0. The monoisotopic (exact) mass is 345 g/mol. The molecule has 0 unspecified atom stereocenters. The summed E-state index contributed by atoms with van der Waals surface area (Å²) in [6.45, 7) is 2.06. The molecule has 0 fully saturated rings.